The molecule has 0 unspecified atom stereocenters. The Hall–Kier alpha value is -3.19. The summed E-state index contributed by atoms with van der Waals surface area (Å²) < 4.78 is 17.0. The minimum Gasteiger partial charge on any atom is -0.497 e. The first-order valence-corrected chi connectivity index (χ1v) is 14.4. The fourth-order valence-corrected chi connectivity index (χ4v) is 5.69. The van der Waals surface area contributed by atoms with Gasteiger partial charge in [0.1, 0.15) is 24.7 Å². The normalized spacial score (nSPS) is 15.1. The molecule has 0 bridgehead atoms. The van der Waals surface area contributed by atoms with E-state index in [1.54, 1.807) is 7.11 Å². The molecule has 0 radical (unpaired) electrons. The molecule has 1 aliphatic carbocycles. The van der Waals surface area contributed by atoms with Crippen molar-refractivity contribution in [3.63, 3.8) is 0 Å². The maximum Gasteiger partial charge on any atom is 0.251 e. The lowest BCUT2D eigenvalue weighted by Gasteiger charge is -2.28. The van der Waals surface area contributed by atoms with Crippen LogP contribution in [0.5, 0.6) is 17.2 Å². The van der Waals surface area contributed by atoms with Crippen molar-refractivity contribution in [3.8, 4) is 17.2 Å². The quantitative estimate of drug-likeness (QED) is 0.255. The molecule has 1 fully saturated rings. The van der Waals surface area contributed by atoms with Gasteiger partial charge >= 0.3 is 0 Å². The summed E-state index contributed by atoms with van der Waals surface area (Å²) in [6, 6.07) is 19.8. The van der Waals surface area contributed by atoms with E-state index in [4.69, 9.17) is 37.4 Å². The lowest BCUT2D eigenvalue weighted by atomic mass is 9.93. The first-order valence-electron chi connectivity index (χ1n) is 13.6. The van der Waals surface area contributed by atoms with Crippen LogP contribution in [0.4, 0.5) is 0 Å². The standard InChI is InChI=1S/C32H34Cl2N2O4/c1-21-16-29(33)31(30(34)17-21)40-15-14-39-25-10-6-23(7-11-25)27-12-13-35-19-28(27)32(37)36(24-8-9-24)20-22-4-3-5-26(18-22)38-2/h3-7,10-11,16-18,24,35H,8-9,12-15,19-20H2,1-2H3. The number of halogens is 2. The van der Waals surface area contributed by atoms with E-state index in [9.17, 15) is 4.79 Å². The van der Waals surface area contributed by atoms with Gasteiger partial charge in [-0.05, 0) is 91.4 Å². The Labute approximate surface area is 245 Å². The molecule has 0 spiro atoms. The van der Waals surface area contributed by atoms with Gasteiger partial charge in [-0.2, -0.15) is 0 Å². The molecule has 1 N–H and O–H groups in total. The summed E-state index contributed by atoms with van der Waals surface area (Å²) in [5.74, 6) is 2.11. The summed E-state index contributed by atoms with van der Waals surface area (Å²) in [5, 5.41) is 4.37. The number of benzene rings is 3. The number of methoxy groups -OCH3 is 1. The van der Waals surface area contributed by atoms with Crippen molar-refractivity contribution >= 4 is 34.7 Å². The van der Waals surface area contributed by atoms with E-state index in [-0.39, 0.29) is 11.9 Å². The van der Waals surface area contributed by atoms with Crippen LogP contribution < -0.4 is 19.5 Å². The summed E-state index contributed by atoms with van der Waals surface area (Å²) in [5.41, 5.74) is 5.03. The molecule has 8 heteroatoms. The molecule has 5 rings (SSSR count). The number of nitrogens with one attached hydrogen (secondary N) is 1. The lowest BCUT2D eigenvalue weighted by molar-refractivity contribution is -0.128. The minimum atomic E-state index is 0.110. The average molecular weight is 582 g/mol. The topological polar surface area (TPSA) is 60.0 Å². The number of ether oxygens (including phenoxy) is 3. The van der Waals surface area contributed by atoms with Gasteiger partial charge in [0.15, 0.2) is 5.75 Å². The van der Waals surface area contributed by atoms with Gasteiger partial charge in [0, 0.05) is 24.7 Å². The average Bonchev–Trinajstić information content (AvgIpc) is 3.81. The van der Waals surface area contributed by atoms with Crippen molar-refractivity contribution in [1.82, 2.24) is 10.2 Å². The Morgan fingerprint density at radius 3 is 2.40 bits per heavy atom. The minimum absolute atomic E-state index is 0.110. The zero-order valence-electron chi connectivity index (χ0n) is 22.8. The number of carbonyl (C=O) groups excluding carboxylic acids is 1. The smallest absolute Gasteiger partial charge is 0.251 e. The van der Waals surface area contributed by atoms with E-state index in [1.165, 1.54) is 0 Å². The molecule has 1 aliphatic heterocycles. The Morgan fingerprint density at radius 1 is 0.975 bits per heavy atom. The van der Waals surface area contributed by atoms with Crippen molar-refractivity contribution in [1.29, 1.82) is 0 Å². The second-order valence-electron chi connectivity index (χ2n) is 10.2. The van der Waals surface area contributed by atoms with Crippen molar-refractivity contribution in [2.24, 2.45) is 0 Å². The molecular weight excluding hydrogens is 547 g/mol. The number of nitrogens with zero attached hydrogens (tertiary/aromatic N) is 1. The number of rotatable bonds is 11. The van der Waals surface area contributed by atoms with Crippen LogP contribution in [-0.4, -0.2) is 50.3 Å². The third-order valence-electron chi connectivity index (χ3n) is 7.16. The van der Waals surface area contributed by atoms with Gasteiger partial charge in [-0.3, -0.25) is 4.79 Å². The maximum atomic E-state index is 13.9. The molecule has 2 aliphatic rings. The lowest BCUT2D eigenvalue weighted by Crippen LogP contribution is -2.39. The SMILES string of the molecule is COc1cccc(CN(C(=O)C2=C(c3ccc(OCCOc4c(Cl)cc(C)cc4Cl)cc3)CCNC2)C2CC2)c1. The fraction of sp³-hybridized carbons (Fsp3) is 0.344. The van der Waals surface area contributed by atoms with E-state index in [0.29, 0.717) is 42.1 Å². The summed E-state index contributed by atoms with van der Waals surface area (Å²) in [6.07, 6.45) is 2.89. The van der Waals surface area contributed by atoms with Gasteiger partial charge in [0.25, 0.3) is 5.91 Å². The monoisotopic (exact) mass is 580 g/mol. The van der Waals surface area contributed by atoms with Crippen LogP contribution in [0.3, 0.4) is 0 Å². The molecule has 6 nitrogen and oxygen atoms in total. The number of carbonyl (C=O) groups is 1. The molecule has 1 amide bonds. The number of aryl methyl sites for hydroxylation is 1. The Bertz CT molecular complexity index is 1360. The highest BCUT2D eigenvalue weighted by Crippen LogP contribution is 2.35. The Balaban J connectivity index is 1.25. The second-order valence-corrected chi connectivity index (χ2v) is 11.0. The van der Waals surface area contributed by atoms with Crippen LogP contribution in [0.25, 0.3) is 5.57 Å². The van der Waals surface area contributed by atoms with Crippen molar-refractivity contribution in [3.05, 3.63) is 93.0 Å². The molecule has 210 valence electrons. The third-order valence-corrected chi connectivity index (χ3v) is 7.72. The van der Waals surface area contributed by atoms with Gasteiger partial charge in [-0.15, -0.1) is 0 Å². The first kappa shape index (κ1) is 28.3. The Kier molecular flexibility index (Phi) is 9.20. The zero-order valence-corrected chi connectivity index (χ0v) is 24.4. The van der Waals surface area contributed by atoms with Crippen LogP contribution in [-0.2, 0) is 11.3 Å². The highest BCUT2D eigenvalue weighted by Gasteiger charge is 2.35. The van der Waals surface area contributed by atoms with Crippen LogP contribution >= 0.6 is 23.2 Å². The first-order chi connectivity index (χ1) is 19.4. The molecule has 3 aromatic rings. The summed E-state index contributed by atoms with van der Waals surface area (Å²) in [6.45, 7) is 4.56. The van der Waals surface area contributed by atoms with Crippen LogP contribution in [0.15, 0.2) is 66.2 Å². The molecule has 40 heavy (non-hydrogen) atoms. The summed E-state index contributed by atoms with van der Waals surface area (Å²) >= 11 is 12.5. The highest BCUT2D eigenvalue weighted by molar-refractivity contribution is 6.37. The Morgan fingerprint density at radius 2 is 1.70 bits per heavy atom. The predicted molar refractivity (Wildman–Crippen MR) is 160 cm³/mol. The van der Waals surface area contributed by atoms with E-state index >= 15 is 0 Å². The molecule has 0 aromatic heterocycles. The van der Waals surface area contributed by atoms with E-state index in [1.807, 2.05) is 72.5 Å². The van der Waals surface area contributed by atoms with Gasteiger partial charge in [-0.25, -0.2) is 0 Å². The van der Waals surface area contributed by atoms with Crippen LogP contribution in [0.2, 0.25) is 10.0 Å². The number of hydrogen-bond acceptors (Lipinski definition) is 5. The van der Waals surface area contributed by atoms with E-state index < -0.39 is 0 Å². The zero-order chi connectivity index (χ0) is 28.1. The third kappa shape index (κ3) is 6.92. The molecule has 1 heterocycles. The molecule has 0 atom stereocenters. The summed E-state index contributed by atoms with van der Waals surface area (Å²) in [4.78, 5) is 15.9. The predicted octanol–water partition coefficient (Wildman–Crippen LogP) is 6.71. The maximum absolute atomic E-state index is 13.9. The van der Waals surface area contributed by atoms with E-state index in [2.05, 4.69) is 5.32 Å². The van der Waals surface area contributed by atoms with Gasteiger partial charge in [0.05, 0.1) is 17.2 Å². The van der Waals surface area contributed by atoms with Gasteiger partial charge < -0.3 is 24.4 Å². The van der Waals surface area contributed by atoms with Crippen molar-refractivity contribution < 1.29 is 19.0 Å². The molecular formula is C32H34Cl2N2O4. The van der Waals surface area contributed by atoms with Crippen molar-refractivity contribution in [2.45, 2.75) is 38.8 Å². The second kappa shape index (κ2) is 13.0. The fourth-order valence-electron chi connectivity index (χ4n) is 4.98. The number of hydrogen-bond donors (Lipinski definition) is 1. The van der Waals surface area contributed by atoms with Crippen LogP contribution in [0.1, 0.15) is 36.0 Å². The molecule has 1 saturated carbocycles. The van der Waals surface area contributed by atoms with Gasteiger partial charge in [-0.1, -0.05) is 47.5 Å². The van der Waals surface area contributed by atoms with E-state index in [0.717, 1.165) is 65.1 Å². The van der Waals surface area contributed by atoms with Crippen LogP contribution in [0, 0.1) is 6.92 Å². The largest absolute Gasteiger partial charge is 0.497 e. The molecule has 0 saturated heterocycles. The van der Waals surface area contributed by atoms with Crippen molar-refractivity contribution in [2.75, 3.05) is 33.4 Å². The van der Waals surface area contributed by atoms with Gasteiger partial charge in [0.2, 0.25) is 0 Å². The molecule has 3 aromatic carbocycles. The highest BCUT2D eigenvalue weighted by atomic mass is 35.5. The summed E-state index contributed by atoms with van der Waals surface area (Å²) in [7, 11) is 1.66. The number of amides is 1.